The second-order valence-electron chi connectivity index (χ2n) is 10.1. The molecule has 0 bridgehead atoms. The Balaban J connectivity index is 1.53. The van der Waals surface area contributed by atoms with Gasteiger partial charge in [-0.15, -0.1) is 0 Å². The van der Waals surface area contributed by atoms with Gasteiger partial charge in [-0.1, -0.05) is 25.8 Å². The maximum atomic E-state index is 13.1. The number of aromatic nitrogens is 2. The van der Waals surface area contributed by atoms with Crippen molar-refractivity contribution in [3.8, 4) is 5.88 Å². The third-order valence-corrected chi connectivity index (χ3v) is 7.88. The van der Waals surface area contributed by atoms with Gasteiger partial charge in [-0.25, -0.2) is 9.71 Å². The van der Waals surface area contributed by atoms with Gasteiger partial charge in [0.15, 0.2) is 5.03 Å². The van der Waals surface area contributed by atoms with Crippen LogP contribution >= 0.6 is 0 Å². The van der Waals surface area contributed by atoms with E-state index in [-0.39, 0.29) is 28.1 Å². The van der Waals surface area contributed by atoms with Crippen LogP contribution in [-0.4, -0.2) is 42.5 Å². The van der Waals surface area contributed by atoms with Gasteiger partial charge in [0.05, 0.1) is 5.56 Å². The molecule has 2 aliphatic rings. The molecule has 1 N–H and O–H groups in total. The number of carbonyl (C=O) groups excluding carboxylic acids is 1. The van der Waals surface area contributed by atoms with Gasteiger partial charge in [0.1, 0.15) is 11.9 Å². The van der Waals surface area contributed by atoms with Crippen molar-refractivity contribution >= 4 is 21.7 Å². The van der Waals surface area contributed by atoms with Crippen LogP contribution in [0, 0.1) is 5.92 Å². The molecule has 184 valence electrons. The van der Waals surface area contributed by atoms with Crippen molar-refractivity contribution in [2.75, 3.05) is 11.4 Å². The van der Waals surface area contributed by atoms with Crippen molar-refractivity contribution in [3.63, 3.8) is 0 Å². The van der Waals surface area contributed by atoms with Gasteiger partial charge >= 0.3 is 0 Å². The SMILES string of the molecule is CC1CN(c2ncccc2C(=O)NS(=O)(=O)c2cccc(OC3CCCCCC3)n2)C(C)(C)C1. The highest BCUT2D eigenvalue weighted by molar-refractivity contribution is 7.90. The Morgan fingerprint density at radius 2 is 1.85 bits per heavy atom. The number of amides is 1. The van der Waals surface area contributed by atoms with Crippen LogP contribution in [0.15, 0.2) is 41.6 Å². The van der Waals surface area contributed by atoms with E-state index in [1.54, 1.807) is 30.5 Å². The molecule has 0 aromatic carbocycles. The maximum absolute atomic E-state index is 13.1. The highest BCUT2D eigenvalue weighted by Gasteiger charge is 2.39. The Labute approximate surface area is 202 Å². The predicted molar refractivity (Wildman–Crippen MR) is 130 cm³/mol. The molecule has 3 heterocycles. The normalized spacial score (nSPS) is 21.1. The van der Waals surface area contributed by atoms with E-state index in [0.29, 0.717) is 11.7 Å². The minimum Gasteiger partial charge on any atom is -0.474 e. The minimum absolute atomic E-state index is 0.0340. The fraction of sp³-hybridized carbons (Fsp3) is 0.560. The van der Waals surface area contributed by atoms with Crippen molar-refractivity contribution in [1.29, 1.82) is 0 Å². The molecule has 1 aliphatic carbocycles. The van der Waals surface area contributed by atoms with E-state index in [2.05, 4.69) is 40.4 Å². The van der Waals surface area contributed by atoms with Crippen molar-refractivity contribution in [2.45, 2.75) is 82.4 Å². The Kier molecular flexibility index (Phi) is 7.12. The first kappa shape index (κ1) is 24.4. The molecule has 8 nitrogen and oxygen atoms in total. The summed E-state index contributed by atoms with van der Waals surface area (Å²) in [6.45, 7) is 7.12. The number of nitrogens with one attached hydrogen (secondary N) is 1. The molecule has 1 aliphatic heterocycles. The predicted octanol–water partition coefficient (Wildman–Crippen LogP) is 4.32. The summed E-state index contributed by atoms with van der Waals surface area (Å²) in [6, 6.07) is 7.84. The summed E-state index contributed by atoms with van der Waals surface area (Å²) in [5, 5.41) is -0.243. The smallest absolute Gasteiger partial charge is 0.281 e. The molecule has 0 radical (unpaired) electrons. The molecule has 34 heavy (non-hydrogen) atoms. The van der Waals surface area contributed by atoms with Gasteiger partial charge in [-0.2, -0.15) is 13.4 Å². The molecule has 2 aromatic heterocycles. The van der Waals surface area contributed by atoms with Crippen molar-refractivity contribution in [3.05, 3.63) is 42.1 Å². The lowest BCUT2D eigenvalue weighted by Crippen LogP contribution is -2.41. The van der Waals surface area contributed by atoms with Crippen LogP contribution in [0.3, 0.4) is 0 Å². The van der Waals surface area contributed by atoms with Gasteiger partial charge in [0.2, 0.25) is 5.88 Å². The van der Waals surface area contributed by atoms with E-state index in [1.165, 1.54) is 18.9 Å². The standard InChI is InChI=1S/C25H34N4O4S/c1-18-16-25(2,3)29(17-18)23-20(12-9-15-26-23)24(30)28-34(31,32)22-14-8-13-21(27-22)33-19-10-6-4-5-7-11-19/h8-9,12-15,18-19H,4-7,10-11,16-17H2,1-3H3,(H,28,30). The molecule has 1 amide bonds. The number of carbonyl (C=O) groups is 1. The highest BCUT2D eigenvalue weighted by atomic mass is 32.2. The molecule has 0 spiro atoms. The van der Waals surface area contributed by atoms with E-state index < -0.39 is 15.9 Å². The van der Waals surface area contributed by atoms with E-state index >= 15 is 0 Å². The molecular weight excluding hydrogens is 452 g/mol. The lowest BCUT2D eigenvalue weighted by Gasteiger charge is -2.33. The summed E-state index contributed by atoms with van der Waals surface area (Å²) >= 11 is 0. The topological polar surface area (TPSA) is 101 Å². The van der Waals surface area contributed by atoms with Crippen LogP contribution in [-0.2, 0) is 10.0 Å². The zero-order valence-electron chi connectivity index (χ0n) is 20.2. The molecule has 4 rings (SSSR count). The zero-order chi connectivity index (χ0) is 24.3. The van der Waals surface area contributed by atoms with Crippen molar-refractivity contribution in [1.82, 2.24) is 14.7 Å². The highest BCUT2D eigenvalue weighted by Crippen LogP contribution is 2.37. The van der Waals surface area contributed by atoms with E-state index in [4.69, 9.17) is 4.74 Å². The molecule has 9 heteroatoms. The molecular formula is C25H34N4O4S. The number of hydrogen-bond acceptors (Lipinski definition) is 7. The Morgan fingerprint density at radius 3 is 2.53 bits per heavy atom. The second-order valence-corrected chi connectivity index (χ2v) is 11.7. The van der Waals surface area contributed by atoms with Crippen LogP contribution < -0.4 is 14.4 Å². The number of nitrogens with zero attached hydrogens (tertiary/aromatic N) is 3. The summed E-state index contributed by atoms with van der Waals surface area (Å²) in [5.41, 5.74) is 0.0338. The molecule has 1 saturated heterocycles. The number of pyridine rings is 2. The van der Waals surface area contributed by atoms with Crippen LogP contribution in [0.2, 0.25) is 0 Å². The van der Waals surface area contributed by atoms with Crippen LogP contribution in [0.4, 0.5) is 5.82 Å². The van der Waals surface area contributed by atoms with E-state index in [9.17, 15) is 13.2 Å². The first-order valence-electron chi connectivity index (χ1n) is 12.1. The van der Waals surface area contributed by atoms with Gasteiger partial charge in [0, 0.05) is 24.3 Å². The largest absolute Gasteiger partial charge is 0.474 e. The third kappa shape index (κ3) is 5.51. The third-order valence-electron chi connectivity index (χ3n) is 6.65. The van der Waals surface area contributed by atoms with Gasteiger partial charge < -0.3 is 9.64 Å². The van der Waals surface area contributed by atoms with Gasteiger partial charge in [0.25, 0.3) is 15.9 Å². The number of ether oxygens (including phenoxy) is 1. The van der Waals surface area contributed by atoms with Crippen molar-refractivity contribution < 1.29 is 17.9 Å². The average molecular weight is 487 g/mol. The number of anilines is 1. The Bertz CT molecular complexity index is 1130. The Hall–Kier alpha value is -2.68. The zero-order valence-corrected chi connectivity index (χ0v) is 21.0. The summed E-state index contributed by atoms with van der Waals surface area (Å²) in [4.78, 5) is 23.8. The summed E-state index contributed by atoms with van der Waals surface area (Å²) in [5.74, 6) is 0.465. The maximum Gasteiger partial charge on any atom is 0.281 e. The molecule has 2 fully saturated rings. The summed E-state index contributed by atoms with van der Waals surface area (Å²) in [7, 11) is -4.19. The number of sulfonamides is 1. The average Bonchev–Trinajstić information content (AvgIpc) is 2.94. The minimum atomic E-state index is -4.19. The lowest BCUT2D eigenvalue weighted by molar-refractivity contribution is 0.0981. The summed E-state index contributed by atoms with van der Waals surface area (Å²) < 4.78 is 34.2. The first-order valence-corrected chi connectivity index (χ1v) is 13.6. The van der Waals surface area contributed by atoms with E-state index in [1.807, 2.05) is 0 Å². The monoisotopic (exact) mass is 486 g/mol. The van der Waals surface area contributed by atoms with Crippen LogP contribution in [0.25, 0.3) is 0 Å². The first-order chi connectivity index (χ1) is 16.2. The van der Waals surface area contributed by atoms with Crippen LogP contribution in [0.1, 0.15) is 76.1 Å². The second kappa shape index (κ2) is 9.90. The Morgan fingerprint density at radius 1 is 1.12 bits per heavy atom. The van der Waals surface area contributed by atoms with E-state index in [0.717, 1.165) is 38.6 Å². The molecule has 1 atom stereocenters. The van der Waals surface area contributed by atoms with Crippen molar-refractivity contribution in [2.24, 2.45) is 5.92 Å². The lowest BCUT2D eigenvalue weighted by atomic mass is 9.97. The van der Waals surface area contributed by atoms with Gasteiger partial charge in [-0.3, -0.25) is 4.79 Å². The fourth-order valence-corrected chi connectivity index (χ4v) is 6.05. The van der Waals surface area contributed by atoms with Crippen LogP contribution in [0.5, 0.6) is 5.88 Å². The summed E-state index contributed by atoms with van der Waals surface area (Å²) in [6.07, 6.45) is 9.06. The number of rotatable bonds is 6. The number of hydrogen-bond donors (Lipinski definition) is 1. The fourth-order valence-electron chi connectivity index (χ4n) is 5.12. The molecule has 2 aromatic rings. The molecule has 1 saturated carbocycles. The molecule has 1 unspecified atom stereocenters. The van der Waals surface area contributed by atoms with Gasteiger partial charge in [-0.05, 0) is 70.1 Å². The quantitative estimate of drug-likeness (QED) is 0.607.